The molecule has 3 rings (SSSR count). The fraction of sp³-hybridized carbons (Fsp3) is 0.182. The SMILES string of the molecule is CCCc1nc(S/C(=C\c2cc(Cl)ccc2OCc2ccc(C#N)cc2)C(=O)O)n[nH]1. The molecule has 1 aromatic heterocycles. The van der Waals surface area contributed by atoms with Crippen LogP contribution in [0.1, 0.15) is 35.9 Å². The summed E-state index contributed by atoms with van der Waals surface area (Å²) in [5.74, 6) is 0.0866. The number of thioether (sulfide) groups is 1. The molecule has 158 valence electrons. The van der Waals surface area contributed by atoms with Gasteiger partial charge in [0.2, 0.25) is 5.16 Å². The number of halogens is 1. The van der Waals surface area contributed by atoms with Crippen molar-refractivity contribution in [3.05, 3.63) is 74.9 Å². The average molecular weight is 455 g/mol. The number of nitrogens with one attached hydrogen (secondary N) is 1. The Kier molecular flexibility index (Phi) is 7.70. The van der Waals surface area contributed by atoms with Crippen molar-refractivity contribution < 1.29 is 14.6 Å². The van der Waals surface area contributed by atoms with Crippen LogP contribution in [0.5, 0.6) is 5.75 Å². The molecule has 2 aromatic carbocycles. The van der Waals surface area contributed by atoms with Crippen LogP contribution >= 0.6 is 23.4 Å². The van der Waals surface area contributed by atoms with Crippen molar-refractivity contribution in [1.29, 1.82) is 5.26 Å². The van der Waals surface area contributed by atoms with E-state index in [4.69, 9.17) is 21.6 Å². The molecule has 0 aliphatic rings. The number of benzene rings is 2. The summed E-state index contributed by atoms with van der Waals surface area (Å²) in [7, 11) is 0. The van der Waals surface area contributed by atoms with E-state index in [0.717, 1.165) is 30.2 Å². The lowest BCUT2D eigenvalue weighted by Crippen LogP contribution is -2.00. The summed E-state index contributed by atoms with van der Waals surface area (Å²) in [6, 6.07) is 14.1. The van der Waals surface area contributed by atoms with Crippen molar-refractivity contribution in [2.75, 3.05) is 0 Å². The largest absolute Gasteiger partial charge is 0.488 e. The van der Waals surface area contributed by atoms with Crippen LogP contribution in [0.4, 0.5) is 0 Å². The number of carboxylic acid groups (broad SMARTS) is 1. The first-order chi connectivity index (χ1) is 15.0. The first-order valence-corrected chi connectivity index (χ1v) is 10.6. The Morgan fingerprint density at radius 1 is 1.32 bits per heavy atom. The highest BCUT2D eigenvalue weighted by Gasteiger charge is 2.15. The molecule has 0 aliphatic carbocycles. The lowest BCUT2D eigenvalue weighted by atomic mass is 10.1. The Morgan fingerprint density at radius 2 is 2.10 bits per heavy atom. The van der Waals surface area contributed by atoms with E-state index in [-0.39, 0.29) is 11.5 Å². The van der Waals surface area contributed by atoms with Gasteiger partial charge in [-0.25, -0.2) is 9.78 Å². The zero-order chi connectivity index (χ0) is 22.2. The van der Waals surface area contributed by atoms with E-state index in [1.807, 2.05) is 6.92 Å². The second kappa shape index (κ2) is 10.7. The smallest absolute Gasteiger partial charge is 0.342 e. The average Bonchev–Trinajstić information content (AvgIpc) is 3.20. The van der Waals surface area contributed by atoms with E-state index in [1.165, 1.54) is 6.08 Å². The van der Waals surface area contributed by atoms with Crippen molar-refractivity contribution in [2.24, 2.45) is 0 Å². The highest BCUT2D eigenvalue weighted by atomic mass is 35.5. The molecule has 3 aromatic rings. The molecule has 0 amide bonds. The molecule has 0 saturated heterocycles. The van der Waals surface area contributed by atoms with Gasteiger partial charge in [-0.1, -0.05) is 30.7 Å². The zero-order valence-electron chi connectivity index (χ0n) is 16.6. The summed E-state index contributed by atoms with van der Waals surface area (Å²) in [6.07, 6.45) is 3.13. The van der Waals surface area contributed by atoms with Crippen molar-refractivity contribution in [2.45, 2.75) is 31.5 Å². The fourth-order valence-corrected chi connectivity index (χ4v) is 3.54. The number of ether oxygens (including phenoxy) is 1. The maximum absolute atomic E-state index is 11.8. The summed E-state index contributed by atoms with van der Waals surface area (Å²) in [5, 5.41) is 26.2. The zero-order valence-corrected chi connectivity index (χ0v) is 18.2. The molecule has 0 unspecified atom stereocenters. The molecule has 0 fully saturated rings. The number of carboxylic acids is 1. The molecule has 0 aliphatic heterocycles. The van der Waals surface area contributed by atoms with Crippen LogP contribution in [0.15, 0.2) is 52.5 Å². The number of carbonyl (C=O) groups is 1. The Morgan fingerprint density at radius 3 is 2.77 bits per heavy atom. The van der Waals surface area contributed by atoms with Crippen LogP contribution < -0.4 is 4.74 Å². The van der Waals surface area contributed by atoms with Crippen molar-refractivity contribution in [1.82, 2.24) is 15.2 Å². The van der Waals surface area contributed by atoms with Crippen molar-refractivity contribution in [3.63, 3.8) is 0 Å². The minimum absolute atomic E-state index is 0.0348. The van der Waals surface area contributed by atoms with E-state index < -0.39 is 5.97 Å². The van der Waals surface area contributed by atoms with E-state index >= 15 is 0 Å². The van der Waals surface area contributed by atoms with Gasteiger partial charge in [0, 0.05) is 17.0 Å². The minimum atomic E-state index is -1.11. The molecule has 0 saturated carbocycles. The molecule has 1 heterocycles. The van der Waals surface area contributed by atoms with Crippen LogP contribution in [-0.4, -0.2) is 26.3 Å². The molecule has 0 spiro atoms. The number of hydrogen-bond acceptors (Lipinski definition) is 6. The number of nitrogens with zero attached hydrogens (tertiary/aromatic N) is 3. The second-order valence-electron chi connectivity index (χ2n) is 6.51. The lowest BCUT2D eigenvalue weighted by Gasteiger charge is -2.11. The van der Waals surface area contributed by atoms with Gasteiger partial charge in [0.05, 0.1) is 11.6 Å². The molecule has 2 N–H and O–H groups in total. The molecule has 7 nitrogen and oxygen atoms in total. The quantitative estimate of drug-likeness (QED) is 0.342. The van der Waals surface area contributed by atoms with Crippen molar-refractivity contribution in [3.8, 4) is 11.8 Å². The van der Waals surface area contributed by atoms with E-state index in [9.17, 15) is 9.90 Å². The maximum Gasteiger partial charge on any atom is 0.342 e. The van der Waals surface area contributed by atoms with Gasteiger partial charge in [0.1, 0.15) is 23.1 Å². The van der Waals surface area contributed by atoms with Crippen LogP contribution in [0.3, 0.4) is 0 Å². The summed E-state index contributed by atoms with van der Waals surface area (Å²) >= 11 is 7.08. The lowest BCUT2D eigenvalue weighted by molar-refractivity contribution is -0.131. The van der Waals surface area contributed by atoms with Gasteiger partial charge in [-0.2, -0.15) is 5.26 Å². The van der Waals surface area contributed by atoms with Crippen LogP contribution in [-0.2, 0) is 17.8 Å². The molecule has 0 atom stereocenters. The van der Waals surface area contributed by atoms with Crippen LogP contribution in [0, 0.1) is 11.3 Å². The highest BCUT2D eigenvalue weighted by Crippen LogP contribution is 2.31. The number of hydrogen-bond donors (Lipinski definition) is 2. The molecule has 0 radical (unpaired) electrons. The van der Waals surface area contributed by atoms with Gasteiger partial charge < -0.3 is 9.84 Å². The van der Waals surface area contributed by atoms with Gasteiger partial charge in [-0.15, -0.1) is 5.10 Å². The summed E-state index contributed by atoms with van der Waals surface area (Å²) < 4.78 is 5.89. The first-order valence-electron chi connectivity index (χ1n) is 9.44. The Hall–Kier alpha value is -3.28. The molecular formula is C22H19ClN4O3S. The molecule has 31 heavy (non-hydrogen) atoms. The number of H-pyrrole nitrogens is 1. The molecule has 0 bridgehead atoms. The first kappa shape index (κ1) is 22.4. The third-order valence-electron chi connectivity index (χ3n) is 4.15. The van der Waals surface area contributed by atoms with E-state index in [2.05, 4.69) is 21.3 Å². The molecule has 9 heteroatoms. The summed E-state index contributed by atoms with van der Waals surface area (Å²) in [6.45, 7) is 2.28. The van der Waals surface area contributed by atoms with Gasteiger partial charge >= 0.3 is 5.97 Å². The van der Waals surface area contributed by atoms with E-state index in [0.29, 0.717) is 32.9 Å². The fourth-order valence-electron chi connectivity index (χ4n) is 2.65. The van der Waals surface area contributed by atoms with Gasteiger partial charge in [0.25, 0.3) is 0 Å². The summed E-state index contributed by atoms with van der Waals surface area (Å²) in [5.41, 5.74) is 1.97. The van der Waals surface area contributed by atoms with Gasteiger partial charge in [0.15, 0.2) is 0 Å². The van der Waals surface area contributed by atoms with Crippen molar-refractivity contribution >= 4 is 35.4 Å². The predicted octanol–water partition coefficient (Wildman–Crippen LogP) is 5.08. The standard InChI is InChI=1S/C22H19ClN4O3S/c1-2-3-20-25-22(27-26-20)31-19(21(28)29)11-16-10-17(23)8-9-18(16)30-13-15-6-4-14(12-24)5-7-15/h4-11H,2-3,13H2,1H3,(H,28,29)(H,25,26,27)/b19-11-. The number of rotatable bonds is 9. The highest BCUT2D eigenvalue weighted by molar-refractivity contribution is 8.04. The third-order valence-corrected chi connectivity index (χ3v) is 5.26. The third kappa shape index (κ3) is 6.35. The second-order valence-corrected chi connectivity index (χ2v) is 7.96. The van der Waals surface area contributed by atoms with Gasteiger partial charge in [-0.05, 0) is 60.2 Å². The predicted molar refractivity (Wildman–Crippen MR) is 119 cm³/mol. The Labute approximate surface area is 188 Å². The normalized spacial score (nSPS) is 11.2. The maximum atomic E-state index is 11.8. The van der Waals surface area contributed by atoms with Gasteiger partial charge in [-0.3, -0.25) is 5.10 Å². The van der Waals surface area contributed by atoms with Crippen LogP contribution in [0.2, 0.25) is 5.02 Å². The monoisotopic (exact) mass is 454 g/mol. The van der Waals surface area contributed by atoms with Crippen LogP contribution in [0.25, 0.3) is 6.08 Å². The minimum Gasteiger partial charge on any atom is -0.488 e. The topological polar surface area (TPSA) is 112 Å². The number of aryl methyl sites for hydroxylation is 1. The number of nitriles is 1. The summed E-state index contributed by atoms with van der Waals surface area (Å²) in [4.78, 5) is 16.2. The Balaban J connectivity index is 1.82. The Bertz CT molecular complexity index is 1140. The number of aromatic nitrogens is 3. The molecular weight excluding hydrogens is 436 g/mol. The van der Waals surface area contributed by atoms with E-state index in [1.54, 1.807) is 42.5 Å². The number of aromatic amines is 1. The number of aliphatic carboxylic acids is 1.